The van der Waals surface area contributed by atoms with Crippen LogP contribution < -0.4 is 4.90 Å². The standard InChI is InChI=1S/C20H27NO3/c1-2-7-24-19-11-18-10-16(19)12-21(18)17-5-3-13(4-6-17)14-8-15(9-14)20(22)23/h3-6,14-16,18-19H,2,7-12H2,1H3,(H,22,23)/t14?,15?,16-,18-,19+/m0/s1. The van der Waals surface area contributed by atoms with Crippen LogP contribution >= 0.6 is 0 Å². The largest absolute Gasteiger partial charge is 0.481 e. The Morgan fingerprint density at radius 3 is 2.54 bits per heavy atom. The lowest BCUT2D eigenvalue weighted by molar-refractivity contribution is -0.145. The average Bonchev–Trinajstić information content (AvgIpc) is 3.12. The van der Waals surface area contributed by atoms with Crippen molar-refractivity contribution in [2.45, 2.75) is 57.1 Å². The molecule has 2 saturated carbocycles. The van der Waals surface area contributed by atoms with Crippen LogP contribution in [0.3, 0.4) is 0 Å². The summed E-state index contributed by atoms with van der Waals surface area (Å²) in [5.74, 6) is 0.339. The van der Waals surface area contributed by atoms with E-state index in [0.29, 0.717) is 24.0 Å². The maximum Gasteiger partial charge on any atom is 0.306 e. The molecule has 1 aromatic carbocycles. The van der Waals surface area contributed by atoms with Crippen molar-refractivity contribution in [3.8, 4) is 0 Å². The number of hydrogen-bond acceptors (Lipinski definition) is 3. The number of carboxylic acids is 1. The molecule has 3 atom stereocenters. The van der Waals surface area contributed by atoms with Gasteiger partial charge >= 0.3 is 5.97 Å². The number of hydrogen-bond donors (Lipinski definition) is 1. The monoisotopic (exact) mass is 329 g/mol. The summed E-state index contributed by atoms with van der Waals surface area (Å²) in [5.41, 5.74) is 2.61. The number of carbonyl (C=O) groups is 1. The van der Waals surface area contributed by atoms with Gasteiger partial charge in [0.2, 0.25) is 0 Å². The van der Waals surface area contributed by atoms with Gasteiger partial charge in [0.15, 0.2) is 0 Å². The van der Waals surface area contributed by atoms with Crippen LogP contribution in [0.4, 0.5) is 5.69 Å². The lowest BCUT2D eigenvalue weighted by atomic mass is 9.71. The summed E-state index contributed by atoms with van der Waals surface area (Å²) in [5, 5.41) is 9.00. The van der Waals surface area contributed by atoms with Crippen LogP contribution in [0.15, 0.2) is 24.3 Å². The van der Waals surface area contributed by atoms with Crippen LogP contribution in [0.25, 0.3) is 0 Å². The first-order valence-corrected chi connectivity index (χ1v) is 9.36. The molecule has 0 aromatic heterocycles. The van der Waals surface area contributed by atoms with Gasteiger partial charge in [-0.25, -0.2) is 0 Å². The maximum atomic E-state index is 10.9. The Bertz CT molecular complexity index is 593. The SMILES string of the molecule is CCCO[C@@H]1C[C@@H]2C[C@H]1CN2c1ccc(C2CC(C(=O)O)C2)cc1. The molecule has 4 rings (SSSR count). The Balaban J connectivity index is 1.35. The van der Waals surface area contributed by atoms with Gasteiger partial charge in [0.1, 0.15) is 0 Å². The Kier molecular flexibility index (Phi) is 4.25. The molecule has 0 amide bonds. The van der Waals surface area contributed by atoms with Crippen molar-refractivity contribution in [1.29, 1.82) is 0 Å². The molecule has 1 aromatic rings. The molecule has 4 heteroatoms. The third kappa shape index (κ3) is 2.81. The normalized spacial score (nSPS) is 34.4. The second-order valence-electron chi connectivity index (χ2n) is 7.74. The van der Waals surface area contributed by atoms with Gasteiger partial charge in [0, 0.05) is 30.8 Å². The summed E-state index contributed by atoms with van der Waals surface area (Å²) in [7, 11) is 0. The number of carboxylic acid groups (broad SMARTS) is 1. The summed E-state index contributed by atoms with van der Waals surface area (Å²) in [4.78, 5) is 13.5. The first-order valence-electron chi connectivity index (χ1n) is 9.36. The quantitative estimate of drug-likeness (QED) is 0.865. The fourth-order valence-corrected chi connectivity index (χ4v) is 4.73. The van der Waals surface area contributed by atoms with Gasteiger partial charge < -0.3 is 14.7 Å². The van der Waals surface area contributed by atoms with Crippen molar-refractivity contribution in [1.82, 2.24) is 0 Å². The van der Waals surface area contributed by atoms with Gasteiger partial charge in [0.05, 0.1) is 12.0 Å². The highest BCUT2D eigenvalue weighted by Gasteiger charge is 2.45. The number of nitrogens with zero attached hydrogens (tertiary/aromatic N) is 1. The van der Waals surface area contributed by atoms with Gasteiger partial charge in [-0.15, -0.1) is 0 Å². The second-order valence-corrected chi connectivity index (χ2v) is 7.74. The van der Waals surface area contributed by atoms with E-state index in [0.717, 1.165) is 38.8 Å². The smallest absolute Gasteiger partial charge is 0.306 e. The molecule has 1 aliphatic heterocycles. The summed E-state index contributed by atoms with van der Waals surface area (Å²) in [6.45, 7) is 4.17. The zero-order valence-electron chi connectivity index (χ0n) is 14.4. The highest BCUT2D eigenvalue weighted by atomic mass is 16.5. The lowest BCUT2D eigenvalue weighted by Gasteiger charge is -2.35. The first-order chi connectivity index (χ1) is 11.7. The molecular formula is C20H27NO3. The third-order valence-corrected chi connectivity index (χ3v) is 6.20. The fourth-order valence-electron chi connectivity index (χ4n) is 4.73. The predicted octanol–water partition coefficient (Wildman–Crippen LogP) is 3.66. The van der Waals surface area contributed by atoms with E-state index < -0.39 is 5.97 Å². The molecule has 130 valence electrons. The Labute approximate surface area is 143 Å². The molecule has 0 radical (unpaired) electrons. The summed E-state index contributed by atoms with van der Waals surface area (Å²) in [6.07, 6.45) is 5.57. The molecule has 4 nitrogen and oxygen atoms in total. The first kappa shape index (κ1) is 15.9. The van der Waals surface area contributed by atoms with Crippen molar-refractivity contribution in [2.75, 3.05) is 18.1 Å². The van der Waals surface area contributed by atoms with Gasteiger partial charge in [-0.05, 0) is 55.7 Å². The maximum absolute atomic E-state index is 10.9. The summed E-state index contributed by atoms with van der Waals surface area (Å²) < 4.78 is 6.00. The fraction of sp³-hybridized carbons (Fsp3) is 0.650. The van der Waals surface area contributed by atoms with E-state index in [9.17, 15) is 4.79 Å². The van der Waals surface area contributed by atoms with E-state index in [1.807, 2.05) is 0 Å². The summed E-state index contributed by atoms with van der Waals surface area (Å²) in [6, 6.07) is 9.49. The van der Waals surface area contributed by atoms with E-state index in [4.69, 9.17) is 9.84 Å². The molecule has 1 N–H and O–H groups in total. The molecule has 1 heterocycles. The third-order valence-electron chi connectivity index (χ3n) is 6.20. The number of benzene rings is 1. The van der Waals surface area contributed by atoms with Crippen LogP contribution in [0.5, 0.6) is 0 Å². The number of aliphatic carboxylic acids is 1. The molecule has 1 saturated heterocycles. The molecule has 2 aliphatic carbocycles. The van der Waals surface area contributed by atoms with Gasteiger partial charge in [0.25, 0.3) is 0 Å². The van der Waals surface area contributed by atoms with Gasteiger partial charge in [-0.2, -0.15) is 0 Å². The Morgan fingerprint density at radius 1 is 1.21 bits per heavy atom. The average molecular weight is 329 g/mol. The minimum atomic E-state index is -0.643. The van der Waals surface area contributed by atoms with E-state index in [2.05, 4.69) is 36.1 Å². The van der Waals surface area contributed by atoms with Gasteiger partial charge in [-0.3, -0.25) is 4.79 Å². The highest BCUT2D eigenvalue weighted by molar-refractivity contribution is 5.71. The van der Waals surface area contributed by atoms with E-state index in [1.165, 1.54) is 17.7 Å². The Hall–Kier alpha value is -1.55. The van der Waals surface area contributed by atoms with Crippen molar-refractivity contribution in [3.63, 3.8) is 0 Å². The zero-order chi connectivity index (χ0) is 16.7. The van der Waals surface area contributed by atoms with Crippen molar-refractivity contribution >= 4 is 11.7 Å². The number of anilines is 1. The summed E-state index contributed by atoms with van der Waals surface area (Å²) >= 11 is 0. The number of ether oxygens (including phenoxy) is 1. The molecule has 0 spiro atoms. The van der Waals surface area contributed by atoms with Crippen molar-refractivity contribution in [2.24, 2.45) is 11.8 Å². The number of piperidine rings is 1. The second kappa shape index (κ2) is 6.40. The van der Waals surface area contributed by atoms with Crippen LogP contribution in [0.2, 0.25) is 0 Å². The van der Waals surface area contributed by atoms with Crippen LogP contribution in [-0.2, 0) is 9.53 Å². The zero-order valence-corrected chi connectivity index (χ0v) is 14.4. The molecule has 0 unspecified atom stereocenters. The number of rotatable bonds is 6. The van der Waals surface area contributed by atoms with Crippen molar-refractivity contribution in [3.05, 3.63) is 29.8 Å². The van der Waals surface area contributed by atoms with Crippen LogP contribution in [0.1, 0.15) is 50.5 Å². The number of fused-ring (bicyclic) bond motifs is 2. The Morgan fingerprint density at radius 2 is 1.96 bits per heavy atom. The minimum Gasteiger partial charge on any atom is -0.481 e. The molecule has 24 heavy (non-hydrogen) atoms. The van der Waals surface area contributed by atoms with E-state index in [1.54, 1.807) is 0 Å². The minimum absolute atomic E-state index is 0.135. The lowest BCUT2D eigenvalue weighted by Crippen LogP contribution is -2.38. The highest BCUT2D eigenvalue weighted by Crippen LogP contribution is 2.44. The molecule has 3 aliphatic rings. The van der Waals surface area contributed by atoms with Crippen molar-refractivity contribution < 1.29 is 14.6 Å². The predicted molar refractivity (Wildman–Crippen MR) is 93.4 cm³/mol. The van der Waals surface area contributed by atoms with Crippen LogP contribution in [0, 0.1) is 11.8 Å². The molecule has 3 fully saturated rings. The van der Waals surface area contributed by atoms with E-state index >= 15 is 0 Å². The van der Waals surface area contributed by atoms with Gasteiger partial charge in [-0.1, -0.05) is 19.1 Å². The molecular weight excluding hydrogens is 302 g/mol. The topological polar surface area (TPSA) is 49.8 Å². The van der Waals surface area contributed by atoms with E-state index in [-0.39, 0.29) is 5.92 Å². The van der Waals surface area contributed by atoms with Crippen LogP contribution in [-0.4, -0.2) is 36.4 Å². The molecule has 2 bridgehead atoms.